The monoisotopic (exact) mass is 334 g/mol. The van der Waals surface area contributed by atoms with Crippen LogP contribution in [0.4, 0.5) is 0 Å². The van der Waals surface area contributed by atoms with Gasteiger partial charge in [0, 0.05) is 0 Å². The zero-order valence-electron chi connectivity index (χ0n) is 15.4. The van der Waals surface area contributed by atoms with Crippen LogP contribution in [0.2, 0.25) is 0 Å². The molecule has 3 nitrogen and oxygen atoms in total. The second-order valence-corrected chi connectivity index (χ2v) is 8.09. The van der Waals surface area contributed by atoms with E-state index in [-0.39, 0.29) is 0 Å². The molecule has 0 atom stereocenters. The summed E-state index contributed by atoms with van der Waals surface area (Å²) < 4.78 is 10.7. The molecule has 0 aliphatic carbocycles. The van der Waals surface area contributed by atoms with Gasteiger partial charge in [-0.15, -0.1) is 0 Å². The van der Waals surface area contributed by atoms with Gasteiger partial charge < -0.3 is 13.9 Å². The average Bonchev–Trinajstić information content (AvgIpc) is 2.44. The van der Waals surface area contributed by atoms with Crippen molar-refractivity contribution >= 4 is 8.60 Å². The Morgan fingerprint density at radius 3 is 1.36 bits per heavy atom. The third kappa shape index (κ3) is 18.4. The molecule has 0 heterocycles. The molecule has 0 saturated carbocycles. The predicted molar refractivity (Wildman–Crippen MR) is 96.9 cm³/mol. The molecular weight excluding hydrogens is 295 g/mol. The van der Waals surface area contributed by atoms with E-state index in [2.05, 4.69) is 27.7 Å². The summed E-state index contributed by atoms with van der Waals surface area (Å²) in [6.07, 6.45) is 12.2. The lowest BCUT2D eigenvalue weighted by atomic mass is 10.0. The molecule has 0 fully saturated rings. The van der Waals surface area contributed by atoms with E-state index in [4.69, 9.17) is 9.05 Å². The van der Waals surface area contributed by atoms with Crippen molar-refractivity contribution < 1.29 is 13.9 Å². The van der Waals surface area contributed by atoms with Crippen LogP contribution in [0.1, 0.15) is 91.9 Å². The molecule has 0 aromatic heterocycles. The summed E-state index contributed by atoms with van der Waals surface area (Å²) in [5.41, 5.74) is 0. The van der Waals surface area contributed by atoms with Crippen LogP contribution in [0, 0.1) is 11.8 Å². The molecule has 0 saturated heterocycles. The van der Waals surface area contributed by atoms with E-state index in [0.29, 0.717) is 13.2 Å². The molecule has 0 aromatic rings. The van der Waals surface area contributed by atoms with Crippen molar-refractivity contribution in [2.45, 2.75) is 91.9 Å². The van der Waals surface area contributed by atoms with Gasteiger partial charge in [-0.05, 0) is 24.7 Å². The SMILES string of the molecule is CC(C)CCCCCCOP(O)OCCCCCCC(C)C. The average molecular weight is 334 g/mol. The number of hydrogen-bond donors (Lipinski definition) is 1. The van der Waals surface area contributed by atoms with Crippen LogP contribution in [0.25, 0.3) is 0 Å². The summed E-state index contributed by atoms with van der Waals surface area (Å²) in [5, 5.41) is 0. The Morgan fingerprint density at radius 2 is 1.00 bits per heavy atom. The molecule has 22 heavy (non-hydrogen) atoms. The first-order chi connectivity index (χ1) is 10.5. The lowest BCUT2D eigenvalue weighted by molar-refractivity contribution is 0.193. The second kappa shape index (κ2) is 16.2. The number of unbranched alkanes of at least 4 members (excludes halogenated alkanes) is 6. The van der Waals surface area contributed by atoms with Crippen molar-refractivity contribution in [3.8, 4) is 0 Å². The highest BCUT2D eigenvalue weighted by Crippen LogP contribution is 2.33. The zero-order valence-corrected chi connectivity index (χ0v) is 16.2. The first-order valence-electron chi connectivity index (χ1n) is 9.27. The zero-order chi connectivity index (χ0) is 16.6. The Morgan fingerprint density at radius 1 is 0.636 bits per heavy atom. The Labute approximate surface area is 140 Å². The van der Waals surface area contributed by atoms with Crippen molar-refractivity contribution in [3.05, 3.63) is 0 Å². The van der Waals surface area contributed by atoms with Crippen molar-refractivity contribution in [2.24, 2.45) is 11.8 Å². The van der Waals surface area contributed by atoms with Gasteiger partial charge in [-0.2, -0.15) is 0 Å². The van der Waals surface area contributed by atoms with E-state index >= 15 is 0 Å². The van der Waals surface area contributed by atoms with E-state index in [1.807, 2.05) is 0 Å². The lowest BCUT2D eigenvalue weighted by Crippen LogP contribution is -1.96. The summed E-state index contributed by atoms with van der Waals surface area (Å²) in [6.45, 7) is 10.3. The van der Waals surface area contributed by atoms with E-state index in [9.17, 15) is 4.89 Å². The summed E-state index contributed by atoms with van der Waals surface area (Å²) in [7, 11) is -1.65. The highest BCUT2D eigenvalue weighted by atomic mass is 31.2. The fourth-order valence-corrected chi connectivity index (χ4v) is 2.98. The summed E-state index contributed by atoms with van der Waals surface area (Å²) in [4.78, 5) is 9.62. The number of hydrogen-bond acceptors (Lipinski definition) is 3. The predicted octanol–water partition coefficient (Wildman–Crippen LogP) is 6.45. The van der Waals surface area contributed by atoms with Crippen molar-refractivity contribution in [1.82, 2.24) is 0 Å². The van der Waals surface area contributed by atoms with Crippen molar-refractivity contribution in [3.63, 3.8) is 0 Å². The molecule has 0 spiro atoms. The summed E-state index contributed by atoms with van der Waals surface area (Å²) in [6, 6.07) is 0. The van der Waals surface area contributed by atoms with Crippen LogP contribution < -0.4 is 0 Å². The van der Waals surface area contributed by atoms with Crippen LogP contribution in [-0.2, 0) is 9.05 Å². The van der Waals surface area contributed by atoms with E-state index in [1.54, 1.807) is 0 Å². The fraction of sp³-hybridized carbons (Fsp3) is 1.00. The van der Waals surface area contributed by atoms with E-state index < -0.39 is 8.60 Å². The lowest BCUT2D eigenvalue weighted by Gasteiger charge is -2.11. The van der Waals surface area contributed by atoms with Gasteiger partial charge in [0.1, 0.15) is 0 Å². The fourth-order valence-electron chi connectivity index (χ4n) is 2.34. The Balaban J connectivity index is 3.18. The molecule has 4 heteroatoms. The van der Waals surface area contributed by atoms with Gasteiger partial charge in [-0.25, -0.2) is 0 Å². The summed E-state index contributed by atoms with van der Waals surface area (Å²) >= 11 is 0. The van der Waals surface area contributed by atoms with Crippen LogP contribution in [0.3, 0.4) is 0 Å². The first kappa shape index (κ1) is 22.3. The van der Waals surface area contributed by atoms with Crippen LogP contribution in [0.15, 0.2) is 0 Å². The molecule has 0 aromatic carbocycles. The highest BCUT2D eigenvalue weighted by Gasteiger charge is 2.06. The summed E-state index contributed by atoms with van der Waals surface area (Å²) in [5.74, 6) is 1.61. The topological polar surface area (TPSA) is 38.7 Å². The van der Waals surface area contributed by atoms with Crippen molar-refractivity contribution in [1.29, 1.82) is 0 Å². The van der Waals surface area contributed by atoms with Crippen LogP contribution >= 0.6 is 8.60 Å². The Hall–Kier alpha value is 0.310. The minimum absolute atomic E-state index is 0.623. The van der Waals surface area contributed by atoms with Gasteiger partial charge >= 0.3 is 8.60 Å². The smallest absolute Gasteiger partial charge is 0.328 e. The molecule has 0 bridgehead atoms. The molecule has 0 unspecified atom stereocenters. The molecule has 0 radical (unpaired) electrons. The minimum atomic E-state index is -1.65. The maximum absolute atomic E-state index is 9.62. The second-order valence-electron chi connectivity index (χ2n) is 7.10. The van der Waals surface area contributed by atoms with Gasteiger partial charge in [-0.1, -0.05) is 79.1 Å². The minimum Gasteiger partial charge on any atom is -0.328 e. The Kier molecular flexibility index (Phi) is 16.4. The van der Waals surface area contributed by atoms with Gasteiger partial charge in [0.15, 0.2) is 0 Å². The van der Waals surface area contributed by atoms with E-state index in [0.717, 1.165) is 24.7 Å². The van der Waals surface area contributed by atoms with E-state index in [1.165, 1.54) is 51.4 Å². The highest BCUT2D eigenvalue weighted by molar-refractivity contribution is 7.40. The van der Waals surface area contributed by atoms with Crippen LogP contribution in [-0.4, -0.2) is 18.1 Å². The third-order valence-corrected chi connectivity index (χ3v) is 4.56. The molecule has 0 aliphatic rings. The normalized spacial score (nSPS) is 12.0. The molecule has 0 aliphatic heterocycles. The Bertz CT molecular complexity index is 200. The molecule has 134 valence electrons. The van der Waals surface area contributed by atoms with Gasteiger partial charge in [0.05, 0.1) is 13.2 Å². The molecule has 1 N–H and O–H groups in total. The quantitative estimate of drug-likeness (QED) is 0.260. The number of rotatable bonds is 16. The van der Waals surface area contributed by atoms with Crippen LogP contribution in [0.5, 0.6) is 0 Å². The first-order valence-corrected chi connectivity index (χ1v) is 10.4. The molecule has 0 rings (SSSR count). The standard InChI is InChI=1S/C18H39O3P/c1-17(2)13-9-5-7-11-15-20-22(19)21-16-12-8-6-10-14-18(3)4/h17-19H,5-16H2,1-4H3. The van der Waals surface area contributed by atoms with Gasteiger partial charge in [-0.3, -0.25) is 0 Å². The van der Waals surface area contributed by atoms with Gasteiger partial charge in [0.25, 0.3) is 0 Å². The maximum atomic E-state index is 9.62. The van der Waals surface area contributed by atoms with Crippen molar-refractivity contribution in [2.75, 3.05) is 13.2 Å². The molecule has 0 amide bonds. The molecular formula is C18H39O3P. The largest absolute Gasteiger partial charge is 0.329 e. The third-order valence-electron chi connectivity index (χ3n) is 3.76. The maximum Gasteiger partial charge on any atom is 0.329 e. The van der Waals surface area contributed by atoms with Gasteiger partial charge in [0.2, 0.25) is 0 Å².